The molecule has 0 aromatic rings. The number of alkyl carbamates (subject to hydrolysis) is 1. The van der Waals surface area contributed by atoms with E-state index in [1.807, 2.05) is 0 Å². The Hall–Kier alpha value is -0.0600. The average Bonchev–Trinajstić information content (AvgIpc) is 2.41. The van der Waals surface area contributed by atoms with Crippen LogP contribution in [0.15, 0.2) is 0 Å². The fourth-order valence-electron chi connectivity index (χ4n) is 2.34. The molecule has 2 aliphatic rings. The Bertz CT molecular complexity index is 445. The minimum atomic E-state index is -1.77. The molecule has 0 radical (unpaired) electrons. The van der Waals surface area contributed by atoms with Gasteiger partial charge in [0.25, 0.3) is 0 Å². The minimum absolute atomic E-state index is 0.135. The van der Waals surface area contributed by atoms with Crippen LogP contribution in [0.2, 0.25) is 0 Å². The zero-order chi connectivity index (χ0) is 17.4. The number of halogens is 3. The zero-order valence-electron chi connectivity index (χ0n) is 12.4. The summed E-state index contributed by atoms with van der Waals surface area (Å²) in [6.07, 6.45) is -5.15. The molecule has 5 atom stereocenters. The molecule has 2 fully saturated rings. The van der Waals surface area contributed by atoms with Gasteiger partial charge in [0.15, 0.2) is 12.1 Å². The third kappa shape index (κ3) is 5.20. The van der Waals surface area contributed by atoms with E-state index in [1.165, 1.54) is 0 Å². The Morgan fingerprint density at radius 1 is 1.39 bits per heavy atom. The number of amides is 1. The van der Waals surface area contributed by atoms with E-state index in [0.29, 0.717) is 0 Å². The van der Waals surface area contributed by atoms with Gasteiger partial charge in [-0.25, -0.2) is 4.79 Å². The highest BCUT2D eigenvalue weighted by atomic mass is 35.6. The van der Waals surface area contributed by atoms with Crippen molar-refractivity contribution in [2.24, 2.45) is 0 Å². The molecule has 1 amide bonds. The van der Waals surface area contributed by atoms with Crippen LogP contribution in [-0.4, -0.2) is 69.7 Å². The van der Waals surface area contributed by atoms with Gasteiger partial charge < -0.3 is 34.5 Å². The zero-order valence-corrected chi connectivity index (χ0v) is 14.6. The van der Waals surface area contributed by atoms with E-state index < -0.39 is 52.9 Å². The van der Waals surface area contributed by atoms with E-state index in [9.17, 15) is 15.0 Å². The number of fused-ring (bicyclic) bond motifs is 1. The van der Waals surface area contributed by atoms with Gasteiger partial charge in [-0.15, -0.1) is 0 Å². The number of aliphatic hydroxyl groups is 2. The van der Waals surface area contributed by atoms with E-state index in [-0.39, 0.29) is 6.61 Å². The van der Waals surface area contributed by atoms with E-state index >= 15 is 0 Å². The second kappa shape index (κ2) is 7.05. The third-order valence-corrected chi connectivity index (χ3v) is 3.69. The quantitative estimate of drug-likeness (QED) is 0.591. The number of nitrogens with one attached hydrogen (secondary N) is 1. The van der Waals surface area contributed by atoms with Crippen molar-refractivity contribution in [2.45, 2.75) is 54.1 Å². The Balaban J connectivity index is 1.97. The normalized spacial score (nSPS) is 36.9. The van der Waals surface area contributed by atoms with Gasteiger partial charge in [0.2, 0.25) is 3.79 Å². The molecule has 134 valence electrons. The smallest absolute Gasteiger partial charge is 0.407 e. The van der Waals surface area contributed by atoms with Crippen LogP contribution in [-0.2, 0) is 18.9 Å². The molecule has 2 heterocycles. The number of alkyl halides is 3. The topological polar surface area (TPSA) is 106 Å². The molecule has 3 N–H and O–H groups in total. The van der Waals surface area contributed by atoms with Crippen LogP contribution >= 0.6 is 34.8 Å². The summed E-state index contributed by atoms with van der Waals surface area (Å²) in [6, 6.07) is -1.17. The summed E-state index contributed by atoms with van der Waals surface area (Å²) < 4.78 is 19.2. The molecule has 0 spiro atoms. The van der Waals surface area contributed by atoms with Crippen molar-refractivity contribution in [3.8, 4) is 0 Å². The van der Waals surface area contributed by atoms with Crippen LogP contribution < -0.4 is 5.32 Å². The van der Waals surface area contributed by atoms with Crippen molar-refractivity contribution < 1.29 is 34.0 Å². The highest BCUT2D eigenvalue weighted by Crippen LogP contribution is 2.32. The predicted octanol–water partition coefficient (Wildman–Crippen LogP) is 0.681. The van der Waals surface area contributed by atoms with Gasteiger partial charge in [-0.2, -0.15) is 0 Å². The number of aliphatic hydroxyl groups excluding tert-OH is 2. The summed E-state index contributed by atoms with van der Waals surface area (Å²) in [5, 5.41) is 22.6. The molecule has 0 unspecified atom stereocenters. The number of carbonyl (C=O) groups excluding carboxylic acids is 1. The van der Waals surface area contributed by atoms with Gasteiger partial charge >= 0.3 is 6.09 Å². The summed E-state index contributed by atoms with van der Waals surface area (Å²) in [7, 11) is 0. The molecule has 8 nitrogen and oxygen atoms in total. The Kier molecular flexibility index (Phi) is 5.91. The molecule has 0 saturated carbocycles. The molecule has 2 rings (SSSR count). The second-order valence-corrected chi connectivity index (χ2v) is 8.23. The largest absolute Gasteiger partial charge is 0.445 e. The summed E-state index contributed by atoms with van der Waals surface area (Å²) in [5.74, 6) is -0.922. The van der Waals surface area contributed by atoms with Crippen LogP contribution in [0.5, 0.6) is 0 Å². The summed E-state index contributed by atoms with van der Waals surface area (Å²) in [5.41, 5.74) is 0. The van der Waals surface area contributed by atoms with Crippen LogP contribution in [0.25, 0.3) is 0 Å². The Morgan fingerprint density at radius 2 is 2.04 bits per heavy atom. The lowest BCUT2D eigenvalue weighted by Gasteiger charge is -2.48. The molecule has 0 aromatic carbocycles. The van der Waals surface area contributed by atoms with E-state index in [0.717, 1.165) is 0 Å². The molecule has 23 heavy (non-hydrogen) atoms. The van der Waals surface area contributed by atoms with E-state index in [1.54, 1.807) is 13.8 Å². The lowest BCUT2D eigenvalue weighted by Crippen LogP contribution is -2.68. The number of carbonyl (C=O) groups is 1. The number of hydrogen-bond acceptors (Lipinski definition) is 7. The lowest BCUT2D eigenvalue weighted by molar-refractivity contribution is -0.364. The fraction of sp³-hybridized carbons (Fsp3) is 0.917. The van der Waals surface area contributed by atoms with Crippen molar-refractivity contribution in [1.29, 1.82) is 0 Å². The molecule has 0 aliphatic carbocycles. The van der Waals surface area contributed by atoms with Gasteiger partial charge in [0.05, 0.1) is 6.61 Å². The van der Waals surface area contributed by atoms with Gasteiger partial charge in [0, 0.05) is 0 Å². The monoisotopic (exact) mass is 393 g/mol. The summed E-state index contributed by atoms with van der Waals surface area (Å²) >= 11 is 16.4. The van der Waals surface area contributed by atoms with E-state index in [2.05, 4.69) is 5.32 Å². The number of ether oxygens (including phenoxy) is 4. The van der Waals surface area contributed by atoms with Crippen molar-refractivity contribution in [3.05, 3.63) is 0 Å². The molecular weight excluding hydrogens is 376 g/mol. The third-order valence-electron chi connectivity index (χ3n) is 3.36. The second-order valence-electron chi connectivity index (χ2n) is 5.71. The van der Waals surface area contributed by atoms with Gasteiger partial charge in [0.1, 0.15) is 31.0 Å². The average molecular weight is 395 g/mol. The van der Waals surface area contributed by atoms with Crippen molar-refractivity contribution in [1.82, 2.24) is 5.32 Å². The highest BCUT2D eigenvalue weighted by molar-refractivity contribution is 6.67. The first kappa shape index (κ1) is 19.3. The lowest BCUT2D eigenvalue weighted by atomic mass is 9.95. The summed E-state index contributed by atoms with van der Waals surface area (Å²) in [6.45, 7) is 3.00. The molecule has 11 heteroatoms. The highest BCUT2D eigenvalue weighted by Gasteiger charge is 2.51. The standard InChI is InChI=1S/C12H18Cl3NO7/c1-11(2)21-3-5-8(23-11)7(17)6(9(18)22-5)16-10(19)20-4-12(13,14)15/h5-9,17-18H,3-4H2,1-2H3,(H,16,19)/t5-,6-,7-,8-,9+/m1/s1. The fourth-order valence-corrected chi connectivity index (χ4v) is 2.50. The molecular formula is C12H18Cl3NO7. The molecule has 0 bridgehead atoms. The van der Waals surface area contributed by atoms with E-state index in [4.69, 9.17) is 53.8 Å². The number of rotatable bonds is 2. The first-order valence-electron chi connectivity index (χ1n) is 6.82. The van der Waals surface area contributed by atoms with Crippen LogP contribution in [0.3, 0.4) is 0 Å². The van der Waals surface area contributed by atoms with Gasteiger partial charge in [-0.05, 0) is 13.8 Å². The SMILES string of the molecule is CC1(C)OC[C@H]2O[C@H](O)[C@H](NC(=O)OCC(Cl)(Cl)Cl)[C@@H](O)[C@@H]2O1. The van der Waals surface area contributed by atoms with Crippen molar-refractivity contribution in [2.75, 3.05) is 13.2 Å². The maximum absolute atomic E-state index is 11.7. The van der Waals surface area contributed by atoms with Gasteiger partial charge in [-0.1, -0.05) is 34.8 Å². The molecule has 2 saturated heterocycles. The van der Waals surface area contributed by atoms with Crippen LogP contribution in [0.1, 0.15) is 13.8 Å². The maximum atomic E-state index is 11.7. The first-order chi connectivity index (χ1) is 10.5. The number of hydrogen-bond donors (Lipinski definition) is 3. The van der Waals surface area contributed by atoms with Crippen molar-refractivity contribution >= 4 is 40.9 Å². The maximum Gasteiger partial charge on any atom is 0.407 e. The van der Waals surface area contributed by atoms with Gasteiger partial charge in [-0.3, -0.25) is 0 Å². The summed E-state index contributed by atoms with van der Waals surface area (Å²) in [4.78, 5) is 11.7. The van der Waals surface area contributed by atoms with Crippen LogP contribution in [0.4, 0.5) is 4.79 Å². The predicted molar refractivity (Wildman–Crippen MR) is 80.4 cm³/mol. The molecule has 0 aromatic heterocycles. The first-order valence-corrected chi connectivity index (χ1v) is 7.95. The Labute approximate surface area is 147 Å². The molecule has 2 aliphatic heterocycles. The Morgan fingerprint density at radius 3 is 2.65 bits per heavy atom. The van der Waals surface area contributed by atoms with Crippen LogP contribution in [0, 0.1) is 0 Å². The minimum Gasteiger partial charge on any atom is -0.445 e. The van der Waals surface area contributed by atoms with Crippen molar-refractivity contribution in [3.63, 3.8) is 0 Å².